The van der Waals surface area contributed by atoms with Crippen LogP contribution in [0.3, 0.4) is 0 Å². The third-order valence-electron chi connectivity index (χ3n) is 3.91. The molecule has 2 aromatic carbocycles. The molecule has 0 spiro atoms. The van der Waals surface area contributed by atoms with Crippen LogP contribution in [0.2, 0.25) is 0 Å². The molecule has 0 aromatic heterocycles. The van der Waals surface area contributed by atoms with Gasteiger partial charge in [0.15, 0.2) is 0 Å². The highest BCUT2D eigenvalue weighted by molar-refractivity contribution is 5.70. The van der Waals surface area contributed by atoms with Crippen molar-refractivity contribution in [2.75, 3.05) is 0 Å². The van der Waals surface area contributed by atoms with Gasteiger partial charge in [-0.2, -0.15) is 39.5 Å². The van der Waals surface area contributed by atoms with Crippen LogP contribution in [-0.2, 0) is 18.5 Å². The number of benzene rings is 2. The minimum absolute atomic E-state index is 0.0926. The second-order valence-electron chi connectivity index (χ2n) is 6.25. The van der Waals surface area contributed by atoms with Crippen LogP contribution in [0.1, 0.15) is 42.0 Å². The SMILES string of the molecule is CC(C)c1cc(-c2ccc(C(F)(F)F)cc2C(F)(F)F)cc(C(F)(F)F)c1. The van der Waals surface area contributed by atoms with Crippen molar-refractivity contribution < 1.29 is 39.5 Å². The van der Waals surface area contributed by atoms with Gasteiger partial charge in [-0.1, -0.05) is 26.0 Å². The Labute approximate surface area is 148 Å². The maximum Gasteiger partial charge on any atom is 0.417 e. The van der Waals surface area contributed by atoms with E-state index in [0.717, 1.165) is 12.1 Å². The van der Waals surface area contributed by atoms with E-state index in [9.17, 15) is 39.5 Å². The second-order valence-corrected chi connectivity index (χ2v) is 6.25. The van der Waals surface area contributed by atoms with E-state index >= 15 is 0 Å². The quantitative estimate of drug-likeness (QED) is 0.457. The lowest BCUT2D eigenvalue weighted by Crippen LogP contribution is -2.12. The van der Waals surface area contributed by atoms with Gasteiger partial charge in [0, 0.05) is 0 Å². The Balaban J connectivity index is 2.79. The topological polar surface area (TPSA) is 0 Å². The van der Waals surface area contributed by atoms with Gasteiger partial charge in [0.25, 0.3) is 0 Å². The number of alkyl halides is 9. The third kappa shape index (κ3) is 4.75. The smallest absolute Gasteiger partial charge is 0.166 e. The van der Waals surface area contributed by atoms with Crippen molar-refractivity contribution >= 4 is 0 Å². The highest BCUT2D eigenvalue weighted by Gasteiger charge is 2.39. The Bertz CT molecular complexity index is 824. The van der Waals surface area contributed by atoms with Crippen LogP contribution in [0, 0.1) is 0 Å². The van der Waals surface area contributed by atoms with Gasteiger partial charge in [-0.05, 0) is 46.9 Å². The molecule has 0 nitrogen and oxygen atoms in total. The number of hydrogen-bond acceptors (Lipinski definition) is 0. The average molecular weight is 400 g/mol. The largest absolute Gasteiger partial charge is 0.417 e. The van der Waals surface area contributed by atoms with Crippen LogP contribution in [0.25, 0.3) is 11.1 Å². The molecule has 0 unspecified atom stereocenters. The summed E-state index contributed by atoms with van der Waals surface area (Å²) in [4.78, 5) is 0. The van der Waals surface area contributed by atoms with E-state index in [0.29, 0.717) is 18.2 Å². The molecule has 148 valence electrons. The molecule has 2 aromatic rings. The van der Waals surface area contributed by atoms with Gasteiger partial charge in [-0.15, -0.1) is 0 Å². The lowest BCUT2D eigenvalue weighted by Gasteiger charge is -2.19. The molecular weight excluding hydrogens is 387 g/mol. The first-order valence-electron chi connectivity index (χ1n) is 7.61. The summed E-state index contributed by atoms with van der Waals surface area (Å²) < 4.78 is 118. The zero-order valence-corrected chi connectivity index (χ0v) is 13.9. The fourth-order valence-corrected chi connectivity index (χ4v) is 2.51. The zero-order chi connectivity index (χ0) is 20.8. The number of halogens is 9. The monoisotopic (exact) mass is 400 g/mol. The van der Waals surface area contributed by atoms with E-state index in [1.54, 1.807) is 13.8 Å². The first-order valence-corrected chi connectivity index (χ1v) is 7.61. The van der Waals surface area contributed by atoms with Gasteiger partial charge in [0.05, 0.1) is 16.7 Å². The van der Waals surface area contributed by atoms with Crippen molar-refractivity contribution in [3.63, 3.8) is 0 Å². The van der Waals surface area contributed by atoms with Crippen molar-refractivity contribution in [3.05, 3.63) is 58.7 Å². The fraction of sp³-hybridized carbons (Fsp3) is 0.333. The molecule has 2 rings (SSSR count). The maximum absolute atomic E-state index is 13.3. The molecule has 0 fully saturated rings. The molecule has 9 heteroatoms. The Hall–Kier alpha value is -2.19. The summed E-state index contributed by atoms with van der Waals surface area (Å²) in [5.41, 5.74) is -5.43. The summed E-state index contributed by atoms with van der Waals surface area (Å²) in [7, 11) is 0. The third-order valence-corrected chi connectivity index (χ3v) is 3.91. The lowest BCUT2D eigenvalue weighted by atomic mass is 9.91. The number of hydrogen-bond donors (Lipinski definition) is 0. The van der Waals surface area contributed by atoms with Crippen LogP contribution in [-0.4, -0.2) is 0 Å². The van der Waals surface area contributed by atoms with Crippen LogP contribution in [0.5, 0.6) is 0 Å². The number of rotatable bonds is 2. The molecule has 0 radical (unpaired) electrons. The first kappa shape index (κ1) is 21.1. The Kier molecular flexibility index (Phi) is 5.29. The summed E-state index contributed by atoms with van der Waals surface area (Å²) in [6, 6.07) is 3.31. The summed E-state index contributed by atoms with van der Waals surface area (Å²) >= 11 is 0. The second kappa shape index (κ2) is 6.76. The van der Waals surface area contributed by atoms with E-state index in [1.807, 2.05) is 0 Å². The molecule has 0 bridgehead atoms. The van der Waals surface area contributed by atoms with Crippen LogP contribution < -0.4 is 0 Å². The standard InChI is InChI=1S/C18H13F9/c1-9(2)10-5-11(7-13(6-10)17(22,23)24)14-4-3-12(16(19,20)21)8-15(14)18(25,26)27/h3-9H,1-2H3. The molecular formula is C18H13F9. The van der Waals surface area contributed by atoms with Crippen LogP contribution >= 0.6 is 0 Å². The van der Waals surface area contributed by atoms with Gasteiger partial charge in [0.1, 0.15) is 0 Å². The lowest BCUT2D eigenvalue weighted by molar-refractivity contribution is -0.142. The van der Waals surface area contributed by atoms with E-state index in [4.69, 9.17) is 0 Å². The van der Waals surface area contributed by atoms with Crippen LogP contribution in [0.4, 0.5) is 39.5 Å². The summed E-state index contributed by atoms with van der Waals surface area (Å²) in [6.45, 7) is 3.10. The Morgan fingerprint density at radius 3 is 1.63 bits per heavy atom. The molecule has 0 amide bonds. The van der Waals surface area contributed by atoms with Gasteiger partial charge < -0.3 is 0 Å². The van der Waals surface area contributed by atoms with E-state index in [1.165, 1.54) is 0 Å². The molecule has 0 aliphatic carbocycles. The van der Waals surface area contributed by atoms with E-state index in [2.05, 4.69) is 0 Å². The first-order chi connectivity index (χ1) is 12.1. The maximum atomic E-state index is 13.3. The van der Waals surface area contributed by atoms with Crippen molar-refractivity contribution in [3.8, 4) is 11.1 Å². The summed E-state index contributed by atoms with van der Waals surface area (Å²) in [5, 5.41) is 0. The highest BCUT2D eigenvalue weighted by atomic mass is 19.4. The van der Waals surface area contributed by atoms with E-state index in [-0.39, 0.29) is 11.6 Å². The van der Waals surface area contributed by atoms with Crippen LogP contribution in [0.15, 0.2) is 36.4 Å². The van der Waals surface area contributed by atoms with Crippen molar-refractivity contribution in [1.29, 1.82) is 0 Å². The Morgan fingerprint density at radius 1 is 0.630 bits per heavy atom. The highest BCUT2D eigenvalue weighted by Crippen LogP contribution is 2.43. The minimum Gasteiger partial charge on any atom is -0.166 e. The molecule has 27 heavy (non-hydrogen) atoms. The van der Waals surface area contributed by atoms with E-state index < -0.39 is 52.3 Å². The molecule has 0 aliphatic rings. The normalized spacial score (nSPS) is 13.3. The van der Waals surface area contributed by atoms with Crippen molar-refractivity contribution in [2.45, 2.75) is 38.3 Å². The van der Waals surface area contributed by atoms with Gasteiger partial charge >= 0.3 is 18.5 Å². The van der Waals surface area contributed by atoms with Gasteiger partial charge in [0.2, 0.25) is 0 Å². The van der Waals surface area contributed by atoms with Crippen molar-refractivity contribution in [2.24, 2.45) is 0 Å². The molecule has 0 saturated carbocycles. The van der Waals surface area contributed by atoms with Gasteiger partial charge in [-0.25, -0.2) is 0 Å². The molecule has 0 heterocycles. The molecule has 0 N–H and O–H groups in total. The molecule has 0 saturated heterocycles. The Morgan fingerprint density at radius 2 is 1.19 bits per heavy atom. The van der Waals surface area contributed by atoms with Crippen molar-refractivity contribution in [1.82, 2.24) is 0 Å². The van der Waals surface area contributed by atoms with Gasteiger partial charge in [-0.3, -0.25) is 0 Å². The summed E-state index contributed by atoms with van der Waals surface area (Å²) in [5.74, 6) is -0.435. The zero-order valence-electron chi connectivity index (χ0n) is 13.9. The fourth-order valence-electron chi connectivity index (χ4n) is 2.51. The average Bonchev–Trinajstić information content (AvgIpc) is 2.51. The predicted octanol–water partition coefficient (Wildman–Crippen LogP) is 7.53. The minimum atomic E-state index is -5.18. The predicted molar refractivity (Wildman–Crippen MR) is 81.0 cm³/mol. The molecule has 0 atom stereocenters. The summed E-state index contributed by atoms with van der Waals surface area (Å²) in [6.07, 6.45) is -15.0. The molecule has 0 aliphatic heterocycles.